The van der Waals surface area contributed by atoms with Crippen molar-refractivity contribution in [2.45, 2.75) is 71.1 Å². The van der Waals surface area contributed by atoms with E-state index in [-0.39, 0.29) is 11.9 Å². The van der Waals surface area contributed by atoms with Crippen LogP contribution in [0.2, 0.25) is 0 Å². The normalized spacial score (nSPS) is 17.9. The van der Waals surface area contributed by atoms with Gasteiger partial charge >= 0.3 is 0 Å². The van der Waals surface area contributed by atoms with Crippen LogP contribution in [0, 0.1) is 12.8 Å². The second-order valence-electron chi connectivity index (χ2n) is 10.4. The van der Waals surface area contributed by atoms with Crippen molar-refractivity contribution in [3.8, 4) is 11.1 Å². The van der Waals surface area contributed by atoms with E-state index in [0.717, 1.165) is 80.0 Å². The Balaban J connectivity index is 1.48. The van der Waals surface area contributed by atoms with Gasteiger partial charge in [-0.25, -0.2) is 4.98 Å². The second kappa shape index (κ2) is 11.1. The van der Waals surface area contributed by atoms with Crippen molar-refractivity contribution in [3.05, 3.63) is 41.6 Å². The first-order chi connectivity index (χ1) is 17.9. The van der Waals surface area contributed by atoms with Gasteiger partial charge in [-0.3, -0.25) is 4.79 Å². The zero-order valence-corrected chi connectivity index (χ0v) is 22.0. The van der Waals surface area contributed by atoms with Crippen molar-refractivity contribution in [2.75, 3.05) is 30.4 Å². The smallest absolute Gasteiger partial charge is 0.251 e. The lowest BCUT2D eigenvalue weighted by Gasteiger charge is -2.24. The van der Waals surface area contributed by atoms with Crippen LogP contribution in [0.4, 0.5) is 11.6 Å². The summed E-state index contributed by atoms with van der Waals surface area (Å²) in [6.45, 7) is 8.23. The summed E-state index contributed by atoms with van der Waals surface area (Å²) in [7, 11) is 0. The quantitative estimate of drug-likeness (QED) is 0.329. The molecule has 1 aromatic carbocycles. The fraction of sp³-hybridized carbons (Fsp3) is 0.536. The van der Waals surface area contributed by atoms with Crippen molar-refractivity contribution in [1.29, 1.82) is 0 Å². The highest BCUT2D eigenvalue weighted by Gasteiger charge is 2.25. The lowest BCUT2D eigenvalue weighted by Crippen LogP contribution is -2.31. The van der Waals surface area contributed by atoms with Crippen molar-refractivity contribution >= 4 is 23.2 Å². The summed E-state index contributed by atoms with van der Waals surface area (Å²) < 4.78 is 7.35. The number of carbonyl (C=O) groups excluding carboxylic acids is 1. The Kier molecular flexibility index (Phi) is 7.62. The number of amides is 1. The van der Waals surface area contributed by atoms with Crippen molar-refractivity contribution in [3.63, 3.8) is 0 Å². The van der Waals surface area contributed by atoms with Gasteiger partial charge in [-0.2, -0.15) is 9.61 Å². The summed E-state index contributed by atoms with van der Waals surface area (Å²) in [6.07, 6.45) is 6.29. The van der Waals surface area contributed by atoms with Gasteiger partial charge < -0.3 is 25.8 Å². The topological polar surface area (TPSA) is 113 Å². The fourth-order valence-electron chi connectivity index (χ4n) is 4.90. The van der Waals surface area contributed by atoms with Crippen LogP contribution in [-0.4, -0.2) is 63.6 Å². The van der Waals surface area contributed by atoms with Crippen LogP contribution < -0.4 is 16.0 Å². The Morgan fingerprint density at radius 3 is 2.68 bits per heavy atom. The third-order valence-electron chi connectivity index (χ3n) is 7.43. The highest BCUT2D eigenvalue weighted by Crippen LogP contribution is 2.30. The van der Waals surface area contributed by atoms with Gasteiger partial charge in [-0.15, -0.1) is 0 Å². The minimum atomic E-state index is -0.511. The number of carbonyl (C=O) groups is 1. The molecule has 0 bridgehead atoms. The number of aliphatic hydroxyl groups excluding tert-OH is 1. The zero-order valence-electron chi connectivity index (χ0n) is 22.0. The first-order valence-electron chi connectivity index (χ1n) is 13.5. The molecule has 1 aliphatic heterocycles. The largest absolute Gasteiger partial charge is 0.391 e. The summed E-state index contributed by atoms with van der Waals surface area (Å²) in [5.74, 6) is 2.07. The molecule has 2 atom stereocenters. The van der Waals surface area contributed by atoms with E-state index >= 15 is 0 Å². The zero-order chi connectivity index (χ0) is 25.9. The molecule has 2 fully saturated rings. The average molecular weight is 507 g/mol. The molecule has 9 nitrogen and oxygen atoms in total. The fourth-order valence-corrected chi connectivity index (χ4v) is 4.90. The van der Waals surface area contributed by atoms with Gasteiger partial charge in [-0.1, -0.05) is 19.1 Å². The second-order valence-corrected chi connectivity index (χ2v) is 10.4. The van der Waals surface area contributed by atoms with Crippen LogP contribution in [-0.2, 0) is 4.74 Å². The van der Waals surface area contributed by atoms with E-state index in [0.29, 0.717) is 23.3 Å². The van der Waals surface area contributed by atoms with Gasteiger partial charge in [0.2, 0.25) is 0 Å². The number of nitrogens with one attached hydrogen (secondary N) is 3. The Hall–Kier alpha value is -3.17. The monoisotopic (exact) mass is 506 g/mol. The number of hydrogen-bond acceptors (Lipinski definition) is 7. The van der Waals surface area contributed by atoms with Crippen LogP contribution >= 0.6 is 0 Å². The lowest BCUT2D eigenvalue weighted by atomic mass is 10.0. The van der Waals surface area contributed by atoms with E-state index in [1.165, 1.54) is 0 Å². The SMILES string of the molecule is CC[C@H](Nc1cc(NCC2CCOCC2)n2ncc(-c3ccc(C(=O)NC4CC4)c(C)c3)c2n1)[C@H](C)O. The predicted molar refractivity (Wildman–Crippen MR) is 145 cm³/mol. The van der Waals surface area contributed by atoms with Gasteiger partial charge in [-0.05, 0) is 69.1 Å². The molecule has 5 rings (SSSR count). The maximum Gasteiger partial charge on any atom is 0.251 e. The van der Waals surface area contributed by atoms with E-state index < -0.39 is 6.10 Å². The molecule has 2 aliphatic rings. The number of ether oxygens (including phenoxy) is 1. The standard InChI is InChI=1S/C28H38N6O3/c1-4-24(18(3)35)32-25-14-26(29-15-19-9-11-37-12-10-19)34-27(33-25)23(16-30-34)20-5-8-22(17(2)13-20)28(36)31-21-6-7-21/h5,8,13-14,16,18-19,21,24,29,35H,4,6-7,9-12,15H2,1-3H3,(H,31,36)(H,32,33)/t18-,24-/m0/s1. The molecule has 1 saturated carbocycles. The molecule has 3 aromatic rings. The number of rotatable bonds is 10. The Morgan fingerprint density at radius 2 is 2.00 bits per heavy atom. The lowest BCUT2D eigenvalue weighted by molar-refractivity contribution is 0.0699. The van der Waals surface area contributed by atoms with Crippen LogP contribution in [0.15, 0.2) is 30.5 Å². The third-order valence-corrected chi connectivity index (χ3v) is 7.43. The Labute approximate surface area is 218 Å². The molecule has 3 heterocycles. The molecular formula is C28H38N6O3. The van der Waals surface area contributed by atoms with E-state index in [4.69, 9.17) is 9.72 Å². The minimum Gasteiger partial charge on any atom is -0.391 e. The maximum atomic E-state index is 12.6. The van der Waals surface area contributed by atoms with E-state index in [9.17, 15) is 9.90 Å². The summed E-state index contributed by atoms with van der Waals surface area (Å²) in [6, 6.07) is 8.05. The highest BCUT2D eigenvalue weighted by molar-refractivity contribution is 5.97. The number of aromatic nitrogens is 3. The van der Waals surface area contributed by atoms with E-state index in [1.54, 1.807) is 6.92 Å². The van der Waals surface area contributed by atoms with Crippen LogP contribution in [0.1, 0.15) is 61.9 Å². The van der Waals surface area contributed by atoms with Gasteiger partial charge in [0.15, 0.2) is 5.65 Å². The number of aryl methyl sites for hydroxylation is 1. The van der Waals surface area contributed by atoms with Gasteiger partial charge in [0.05, 0.1) is 18.3 Å². The predicted octanol–water partition coefficient (Wildman–Crippen LogP) is 4.01. The first-order valence-corrected chi connectivity index (χ1v) is 13.5. The number of hydrogen-bond donors (Lipinski definition) is 4. The van der Waals surface area contributed by atoms with E-state index in [1.807, 2.05) is 48.8 Å². The minimum absolute atomic E-state index is 0.0145. The molecule has 9 heteroatoms. The Bertz CT molecular complexity index is 1250. The number of fused-ring (bicyclic) bond motifs is 1. The van der Waals surface area contributed by atoms with Gasteiger partial charge in [0.25, 0.3) is 5.91 Å². The molecule has 4 N–H and O–H groups in total. The number of aliphatic hydroxyl groups is 1. The molecule has 0 radical (unpaired) electrons. The summed E-state index contributed by atoms with van der Waals surface area (Å²) in [4.78, 5) is 17.5. The van der Waals surface area contributed by atoms with Crippen molar-refractivity contribution in [2.24, 2.45) is 5.92 Å². The highest BCUT2D eigenvalue weighted by atomic mass is 16.5. The van der Waals surface area contributed by atoms with E-state index in [2.05, 4.69) is 21.0 Å². The molecule has 0 spiro atoms. The molecule has 1 amide bonds. The molecule has 1 aliphatic carbocycles. The molecule has 1 saturated heterocycles. The molecule has 198 valence electrons. The first kappa shape index (κ1) is 25.5. The Morgan fingerprint density at radius 1 is 1.22 bits per heavy atom. The maximum absolute atomic E-state index is 12.6. The summed E-state index contributed by atoms with van der Waals surface area (Å²) in [5, 5.41) is 25.0. The third kappa shape index (κ3) is 5.88. The molecule has 37 heavy (non-hydrogen) atoms. The number of benzene rings is 1. The van der Waals surface area contributed by atoms with Gasteiger partial charge in [0, 0.05) is 43.0 Å². The van der Waals surface area contributed by atoms with Crippen molar-refractivity contribution < 1.29 is 14.6 Å². The van der Waals surface area contributed by atoms with Crippen LogP contribution in [0.25, 0.3) is 16.8 Å². The molecule has 0 unspecified atom stereocenters. The molecule has 2 aromatic heterocycles. The van der Waals surface area contributed by atoms with Gasteiger partial charge in [0.1, 0.15) is 11.6 Å². The number of nitrogens with zero attached hydrogens (tertiary/aromatic N) is 3. The van der Waals surface area contributed by atoms with Crippen LogP contribution in [0.5, 0.6) is 0 Å². The molecular weight excluding hydrogens is 468 g/mol. The number of anilines is 2. The average Bonchev–Trinajstić information content (AvgIpc) is 3.61. The summed E-state index contributed by atoms with van der Waals surface area (Å²) >= 11 is 0. The van der Waals surface area contributed by atoms with Crippen LogP contribution in [0.3, 0.4) is 0 Å². The summed E-state index contributed by atoms with van der Waals surface area (Å²) in [5.41, 5.74) is 4.18. The van der Waals surface area contributed by atoms with Crippen molar-refractivity contribution in [1.82, 2.24) is 19.9 Å².